The molecule has 6 heteroatoms. The number of aromatic hydroxyl groups is 1. The maximum absolute atomic E-state index is 12.1. The van der Waals surface area contributed by atoms with Crippen LogP contribution in [0.25, 0.3) is 0 Å². The third kappa shape index (κ3) is 2.52. The molecule has 96 valence electrons. The third-order valence-corrected chi connectivity index (χ3v) is 2.61. The quantitative estimate of drug-likeness (QED) is 0.288. The summed E-state index contributed by atoms with van der Waals surface area (Å²) in [4.78, 5) is 22.2. The molecule has 0 saturated heterocycles. The highest BCUT2D eigenvalue weighted by Crippen LogP contribution is 2.23. The summed E-state index contributed by atoms with van der Waals surface area (Å²) < 4.78 is 0. The van der Waals surface area contributed by atoms with Gasteiger partial charge >= 0.3 is 0 Å². The predicted molar refractivity (Wildman–Crippen MR) is 69.0 cm³/mol. The maximum atomic E-state index is 12.1. The van der Waals surface area contributed by atoms with E-state index in [-0.39, 0.29) is 28.3 Å². The van der Waals surface area contributed by atoms with Gasteiger partial charge in [0.15, 0.2) is 5.78 Å². The number of nitrogens with two attached hydrogens (primary N) is 1. The Kier molecular flexibility index (Phi) is 3.15. The molecule has 0 spiro atoms. The van der Waals surface area contributed by atoms with Gasteiger partial charge in [0.25, 0.3) is 5.69 Å². The highest BCUT2D eigenvalue weighted by atomic mass is 16.6. The van der Waals surface area contributed by atoms with Crippen LogP contribution in [0.15, 0.2) is 42.5 Å². The highest BCUT2D eigenvalue weighted by molar-refractivity contribution is 6.09. The van der Waals surface area contributed by atoms with Crippen molar-refractivity contribution >= 4 is 17.2 Å². The van der Waals surface area contributed by atoms with Gasteiger partial charge in [-0.1, -0.05) is 12.1 Å². The van der Waals surface area contributed by atoms with E-state index >= 15 is 0 Å². The number of non-ortho nitro benzene ring substituents is 1. The molecule has 0 aliphatic carbocycles. The Hall–Kier alpha value is -2.89. The molecule has 0 aliphatic heterocycles. The molecule has 0 saturated carbocycles. The van der Waals surface area contributed by atoms with E-state index in [1.807, 2.05) is 0 Å². The van der Waals surface area contributed by atoms with E-state index in [1.54, 1.807) is 0 Å². The number of phenolic OH excluding ortho intramolecular Hbond substituents is 1. The summed E-state index contributed by atoms with van der Waals surface area (Å²) in [5.74, 6) is -0.508. The lowest BCUT2D eigenvalue weighted by Crippen LogP contribution is -2.03. The molecule has 0 heterocycles. The molecule has 2 aromatic carbocycles. The molecule has 3 N–H and O–H groups in total. The number of carbonyl (C=O) groups excluding carboxylic acids is 1. The van der Waals surface area contributed by atoms with Crippen LogP contribution in [0, 0.1) is 10.1 Å². The fraction of sp³-hybridized carbons (Fsp3) is 0. The molecular weight excluding hydrogens is 248 g/mol. The summed E-state index contributed by atoms with van der Waals surface area (Å²) in [5, 5.41) is 19.9. The summed E-state index contributed by atoms with van der Waals surface area (Å²) in [7, 11) is 0. The number of nitrogens with zero attached hydrogens (tertiary/aromatic N) is 1. The van der Waals surface area contributed by atoms with Crippen molar-refractivity contribution in [1.82, 2.24) is 0 Å². The molecule has 0 aromatic heterocycles. The Labute approximate surface area is 108 Å². The first-order valence-corrected chi connectivity index (χ1v) is 5.36. The lowest BCUT2D eigenvalue weighted by Gasteiger charge is -2.04. The molecule has 0 amide bonds. The maximum Gasteiger partial charge on any atom is 0.270 e. The number of nitro groups is 1. The van der Waals surface area contributed by atoms with E-state index in [1.165, 1.54) is 42.5 Å². The van der Waals surface area contributed by atoms with Gasteiger partial charge in [-0.25, -0.2) is 0 Å². The van der Waals surface area contributed by atoms with Crippen molar-refractivity contribution in [2.75, 3.05) is 5.73 Å². The average molecular weight is 258 g/mol. The van der Waals surface area contributed by atoms with Crippen molar-refractivity contribution in [3.63, 3.8) is 0 Å². The fourth-order valence-electron chi connectivity index (χ4n) is 1.62. The number of carbonyl (C=O) groups is 1. The second-order valence-electron chi connectivity index (χ2n) is 3.91. The standard InChI is InChI=1S/C13H10N2O4/c14-11-7-9(4-5-12(11)16)13(17)8-2-1-3-10(6-8)15(18)19/h1-7,16H,14H2. The Morgan fingerprint density at radius 3 is 2.47 bits per heavy atom. The van der Waals surface area contributed by atoms with Crippen LogP contribution in [-0.2, 0) is 0 Å². The van der Waals surface area contributed by atoms with Gasteiger partial charge in [-0.2, -0.15) is 0 Å². The van der Waals surface area contributed by atoms with Crippen LogP contribution < -0.4 is 5.73 Å². The van der Waals surface area contributed by atoms with Crippen molar-refractivity contribution in [1.29, 1.82) is 0 Å². The zero-order valence-electron chi connectivity index (χ0n) is 9.74. The van der Waals surface area contributed by atoms with E-state index < -0.39 is 10.7 Å². The minimum Gasteiger partial charge on any atom is -0.506 e. The van der Waals surface area contributed by atoms with E-state index in [0.717, 1.165) is 0 Å². The summed E-state index contributed by atoms with van der Waals surface area (Å²) in [6.07, 6.45) is 0. The van der Waals surface area contributed by atoms with Gasteiger partial charge in [-0.3, -0.25) is 14.9 Å². The average Bonchev–Trinajstić information content (AvgIpc) is 2.41. The van der Waals surface area contributed by atoms with Gasteiger partial charge in [-0.05, 0) is 18.2 Å². The third-order valence-electron chi connectivity index (χ3n) is 2.61. The first-order chi connectivity index (χ1) is 8.99. The number of nitro benzene ring substituents is 1. The topological polar surface area (TPSA) is 106 Å². The monoisotopic (exact) mass is 258 g/mol. The Balaban J connectivity index is 2.41. The largest absolute Gasteiger partial charge is 0.506 e. The first kappa shape index (κ1) is 12.6. The zero-order valence-corrected chi connectivity index (χ0v) is 9.74. The lowest BCUT2D eigenvalue weighted by atomic mass is 10.0. The van der Waals surface area contributed by atoms with Gasteiger partial charge in [0.1, 0.15) is 5.75 Å². The number of nitrogen functional groups attached to an aromatic ring is 1. The van der Waals surface area contributed by atoms with Crippen LogP contribution >= 0.6 is 0 Å². The van der Waals surface area contributed by atoms with Gasteiger partial charge in [0.05, 0.1) is 10.6 Å². The number of ketones is 1. The number of anilines is 1. The SMILES string of the molecule is Nc1cc(C(=O)c2cccc([N+](=O)[O-])c2)ccc1O. The van der Waals surface area contributed by atoms with Crippen LogP contribution in [0.1, 0.15) is 15.9 Å². The molecule has 0 fully saturated rings. The first-order valence-electron chi connectivity index (χ1n) is 5.36. The summed E-state index contributed by atoms with van der Waals surface area (Å²) in [5.41, 5.74) is 5.88. The van der Waals surface area contributed by atoms with E-state index in [9.17, 15) is 20.0 Å². The van der Waals surface area contributed by atoms with Gasteiger partial charge in [-0.15, -0.1) is 0 Å². The Morgan fingerprint density at radius 2 is 1.84 bits per heavy atom. The van der Waals surface area contributed by atoms with Gasteiger partial charge in [0, 0.05) is 23.3 Å². The Bertz CT molecular complexity index is 667. The van der Waals surface area contributed by atoms with Crippen LogP contribution in [0.2, 0.25) is 0 Å². The van der Waals surface area contributed by atoms with Crippen molar-refractivity contribution in [2.45, 2.75) is 0 Å². The van der Waals surface area contributed by atoms with E-state index in [0.29, 0.717) is 0 Å². The number of hydrogen-bond acceptors (Lipinski definition) is 5. The van der Waals surface area contributed by atoms with E-state index in [2.05, 4.69) is 0 Å². The number of phenols is 1. The van der Waals surface area contributed by atoms with Crippen LogP contribution in [0.3, 0.4) is 0 Å². The van der Waals surface area contributed by atoms with Gasteiger partial charge < -0.3 is 10.8 Å². The fourth-order valence-corrected chi connectivity index (χ4v) is 1.62. The Morgan fingerprint density at radius 1 is 1.16 bits per heavy atom. The molecular formula is C13H10N2O4. The highest BCUT2D eigenvalue weighted by Gasteiger charge is 2.14. The minimum atomic E-state index is -0.567. The summed E-state index contributed by atoms with van der Waals surface area (Å²) in [6.45, 7) is 0. The van der Waals surface area contributed by atoms with Crippen molar-refractivity contribution in [3.05, 3.63) is 63.7 Å². The normalized spacial score (nSPS) is 10.1. The van der Waals surface area contributed by atoms with Crippen LogP contribution in [0.4, 0.5) is 11.4 Å². The summed E-state index contributed by atoms with van der Waals surface area (Å²) >= 11 is 0. The smallest absolute Gasteiger partial charge is 0.270 e. The predicted octanol–water partition coefficient (Wildman–Crippen LogP) is 2.11. The van der Waals surface area contributed by atoms with Gasteiger partial charge in [0.2, 0.25) is 0 Å². The number of benzene rings is 2. The van der Waals surface area contributed by atoms with Crippen LogP contribution in [-0.4, -0.2) is 15.8 Å². The lowest BCUT2D eigenvalue weighted by molar-refractivity contribution is -0.384. The van der Waals surface area contributed by atoms with Crippen molar-refractivity contribution < 1.29 is 14.8 Å². The minimum absolute atomic E-state index is 0.0799. The molecule has 0 unspecified atom stereocenters. The molecule has 0 radical (unpaired) electrons. The molecule has 2 rings (SSSR count). The number of hydrogen-bond donors (Lipinski definition) is 2. The van der Waals surface area contributed by atoms with E-state index in [4.69, 9.17) is 5.73 Å². The zero-order chi connectivity index (χ0) is 14.0. The molecule has 6 nitrogen and oxygen atoms in total. The van der Waals surface area contributed by atoms with Crippen LogP contribution in [0.5, 0.6) is 5.75 Å². The van der Waals surface area contributed by atoms with Crippen molar-refractivity contribution in [3.8, 4) is 5.75 Å². The molecule has 0 atom stereocenters. The van der Waals surface area contributed by atoms with Crippen molar-refractivity contribution in [2.24, 2.45) is 0 Å². The molecule has 2 aromatic rings. The molecule has 19 heavy (non-hydrogen) atoms. The molecule has 0 bridgehead atoms. The second-order valence-corrected chi connectivity index (χ2v) is 3.91. The second kappa shape index (κ2) is 4.77. The molecule has 0 aliphatic rings. The summed E-state index contributed by atoms with van der Waals surface area (Å²) in [6, 6.07) is 9.48. The number of rotatable bonds is 3.